The van der Waals surface area contributed by atoms with Gasteiger partial charge in [0.15, 0.2) is 0 Å². The molecule has 0 spiro atoms. The highest BCUT2D eigenvalue weighted by Crippen LogP contribution is 2.34. The van der Waals surface area contributed by atoms with Crippen molar-refractivity contribution in [3.8, 4) is 0 Å². The summed E-state index contributed by atoms with van der Waals surface area (Å²) in [7, 11) is -3.97. The number of carboxylic acids is 1. The number of benzene rings is 1. The first-order valence-electron chi connectivity index (χ1n) is 5.80. The fourth-order valence-electron chi connectivity index (χ4n) is 2.12. The molecule has 0 aliphatic heterocycles. The molecule has 2 N–H and O–H groups in total. The van der Waals surface area contributed by atoms with Crippen molar-refractivity contribution in [3.05, 3.63) is 29.6 Å². The fraction of sp³-hybridized carbons (Fsp3) is 0.417. The van der Waals surface area contributed by atoms with Crippen molar-refractivity contribution in [1.29, 1.82) is 0 Å². The number of aryl methyl sites for hydroxylation is 1. The molecule has 1 aliphatic carbocycles. The summed E-state index contributed by atoms with van der Waals surface area (Å²) in [5, 5.41) is 9.12. The second kappa shape index (κ2) is 4.57. The van der Waals surface area contributed by atoms with Gasteiger partial charge in [-0.15, -0.1) is 0 Å². The van der Waals surface area contributed by atoms with Crippen LogP contribution < -0.4 is 4.72 Å². The average Bonchev–Trinajstić information content (AvgIpc) is 2.22. The summed E-state index contributed by atoms with van der Waals surface area (Å²) in [6, 6.07) is 3.28. The number of hydrogen-bond donors (Lipinski definition) is 2. The van der Waals surface area contributed by atoms with E-state index in [1.54, 1.807) is 0 Å². The van der Waals surface area contributed by atoms with Crippen LogP contribution in [0.3, 0.4) is 0 Å². The third-order valence-electron chi connectivity index (χ3n) is 3.37. The molecule has 0 amide bonds. The Labute approximate surface area is 110 Å². The van der Waals surface area contributed by atoms with Gasteiger partial charge in [0.2, 0.25) is 10.0 Å². The van der Waals surface area contributed by atoms with Gasteiger partial charge in [-0.1, -0.05) is 0 Å². The summed E-state index contributed by atoms with van der Waals surface area (Å²) >= 11 is 0. The van der Waals surface area contributed by atoms with Crippen LogP contribution in [0.25, 0.3) is 0 Å². The zero-order valence-corrected chi connectivity index (χ0v) is 11.1. The lowest BCUT2D eigenvalue weighted by molar-refractivity contribution is -0.147. The Bertz CT molecular complexity index is 623. The Hall–Kier alpha value is -1.47. The van der Waals surface area contributed by atoms with Gasteiger partial charge in [-0.3, -0.25) is 4.79 Å². The highest BCUT2D eigenvalue weighted by molar-refractivity contribution is 7.89. The molecule has 104 valence electrons. The fourth-order valence-corrected chi connectivity index (χ4v) is 3.76. The Morgan fingerprint density at radius 3 is 2.47 bits per heavy atom. The topological polar surface area (TPSA) is 83.5 Å². The van der Waals surface area contributed by atoms with Gasteiger partial charge in [-0.25, -0.2) is 12.8 Å². The SMILES string of the molecule is Cc1cc(F)ccc1S(=O)(=O)NC1(C(=O)O)CCC1. The summed E-state index contributed by atoms with van der Waals surface area (Å²) in [5.41, 5.74) is -1.17. The predicted molar refractivity (Wildman–Crippen MR) is 65.7 cm³/mol. The van der Waals surface area contributed by atoms with E-state index in [1.807, 2.05) is 0 Å². The van der Waals surface area contributed by atoms with E-state index in [9.17, 15) is 17.6 Å². The Kier molecular flexibility index (Phi) is 3.36. The molecule has 7 heteroatoms. The molecule has 5 nitrogen and oxygen atoms in total. The van der Waals surface area contributed by atoms with Crippen LogP contribution in [0.2, 0.25) is 0 Å². The van der Waals surface area contributed by atoms with Crippen LogP contribution in [0.15, 0.2) is 23.1 Å². The quantitative estimate of drug-likeness (QED) is 0.877. The lowest BCUT2D eigenvalue weighted by atomic mass is 9.78. The molecule has 2 rings (SSSR count). The highest BCUT2D eigenvalue weighted by Gasteiger charge is 2.47. The zero-order valence-electron chi connectivity index (χ0n) is 10.3. The maximum Gasteiger partial charge on any atom is 0.324 e. The molecular weight excluding hydrogens is 273 g/mol. The summed E-state index contributed by atoms with van der Waals surface area (Å²) in [4.78, 5) is 11.1. The number of hydrogen-bond acceptors (Lipinski definition) is 3. The lowest BCUT2D eigenvalue weighted by Gasteiger charge is -2.37. The van der Waals surface area contributed by atoms with Crippen LogP contribution in [0.1, 0.15) is 24.8 Å². The van der Waals surface area contributed by atoms with Crippen LogP contribution in [-0.4, -0.2) is 25.0 Å². The number of carboxylic acid groups (broad SMARTS) is 1. The lowest BCUT2D eigenvalue weighted by Crippen LogP contribution is -2.58. The average molecular weight is 287 g/mol. The van der Waals surface area contributed by atoms with Gasteiger partial charge < -0.3 is 5.11 Å². The van der Waals surface area contributed by atoms with E-state index in [-0.39, 0.29) is 23.3 Å². The number of rotatable bonds is 4. The Morgan fingerprint density at radius 1 is 1.42 bits per heavy atom. The number of halogens is 1. The van der Waals surface area contributed by atoms with Gasteiger partial charge >= 0.3 is 5.97 Å². The summed E-state index contributed by atoms with van der Waals surface area (Å²) in [6.45, 7) is 1.46. The van der Waals surface area contributed by atoms with Gasteiger partial charge in [-0.05, 0) is 49.9 Å². The zero-order chi connectivity index (χ0) is 14.3. The van der Waals surface area contributed by atoms with E-state index in [0.717, 1.165) is 18.2 Å². The van der Waals surface area contributed by atoms with Crippen LogP contribution in [0.5, 0.6) is 0 Å². The molecule has 0 saturated heterocycles. The first-order chi connectivity index (χ1) is 8.77. The molecule has 0 heterocycles. The molecule has 0 atom stereocenters. The van der Waals surface area contributed by atoms with Crippen molar-refractivity contribution >= 4 is 16.0 Å². The summed E-state index contributed by atoms with van der Waals surface area (Å²) < 4.78 is 39.6. The maximum atomic E-state index is 13.0. The standard InChI is InChI=1S/C12H14FNO4S/c1-8-7-9(13)3-4-10(8)19(17,18)14-12(11(15)16)5-2-6-12/h3-4,7,14H,2,5-6H2,1H3,(H,15,16). The molecule has 1 aliphatic rings. The van der Waals surface area contributed by atoms with Gasteiger partial charge in [0.25, 0.3) is 0 Å². The van der Waals surface area contributed by atoms with Crippen molar-refractivity contribution < 1.29 is 22.7 Å². The summed E-state index contributed by atoms with van der Waals surface area (Å²) in [5.74, 6) is -1.71. The first-order valence-corrected chi connectivity index (χ1v) is 7.29. The van der Waals surface area contributed by atoms with E-state index >= 15 is 0 Å². The van der Waals surface area contributed by atoms with Gasteiger partial charge in [0.05, 0.1) is 4.90 Å². The molecule has 0 unspecified atom stereocenters. The minimum absolute atomic E-state index is 0.0959. The van der Waals surface area contributed by atoms with Gasteiger partial charge in [0.1, 0.15) is 11.4 Å². The Balaban J connectivity index is 2.35. The minimum Gasteiger partial charge on any atom is -0.480 e. The highest BCUT2D eigenvalue weighted by atomic mass is 32.2. The largest absolute Gasteiger partial charge is 0.480 e. The van der Waals surface area contributed by atoms with E-state index in [2.05, 4.69) is 4.72 Å². The van der Waals surface area contributed by atoms with E-state index in [1.165, 1.54) is 6.92 Å². The summed E-state index contributed by atoms with van der Waals surface area (Å²) in [6.07, 6.45) is 1.20. The van der Waals surface area contributed by atoms with Crippen LogP contribution in [0, 0.1) is 12.7 Å². The number of carbonyl (C=O) groups is 1. The van der Waals surface area contributed by atoms with E-state index in [4.69, 9.17) is 5.11 Å². The minimum atomic E-state index is -3.97. The monoisotopic (exact) mass is 287 g/mol. The molecule has 1 aromatic carbocycles. The molecular formula is C12H14FNO4S. The normalized spacial score (nSPS) is 17.8. The van der Waals surface area contributed by atoms with E-state index in [0.29, 0.717) is 6.42 Å². The number of nitrogens with one attached hydrogen (secondary N) is 1. The van der Waals surface area contributed by atoms with Crippen LogP contribution in [0.4, 0.5) is 4.39 Å². The van der Waals surface area contributed by atoms with Crippen molar-refractivity contribution in [1.82, 2.24) is 4.72 Å². The van der Waals surface area contributed by atoms with Gasteiger partial charge in [-0.2, -0.15) is 4.72 Å². The third kappa shape index (κ3) is 2.48. The smallest absolute Gasteiger partial charge is 0.324 e. The third-order valence-corrected chi connectivity index (χ3v) is 5.07. The van der Waals surface area contributed by atoms with Crippen molar-refractivity contribution in [2.75, 3.05) is 0 Å². The molecule has 1 aromatic rings. The maximum absolute atomic E-state index is 13.0. The molecule has 0 bridgehead atoms. The molecule has 1 fully saturated rings. The van der Waals surface area contributed by atoms with Crippen molar-refractivity contribution in [3.63, 3.8) is 0 Å². The predicted octanol–water partition coefficient (Wildman–Crippen LogP) is 1.42. The van der Waals surface area contributed by atoms with Crippen LogP contribution in [-0.2, 0) is 14.8 Å². The van der Waals surface area contributed by atoms with Crippen molar-refractivity contribution in [2.24, 2.45) is 0 Å². The van der Waals surface area contributed by atoms with Gasteiger partial charge in [0, 0.05) is 0 Å². The van der Waals surface area contributed by atoms with E-state index < -0.39 is 27.3 Å². The molecule has 1 saturated carbocycles. The number of aliphatic carboxylic acids is 1. The molecule has 0 radical (unpaired) electrons. The first kappa shape index (κ1) is 14.0. The van der Waals surface area contributed by atoms with Crippen LogP contribution >= 0.6 is 0 Å². The number of sulfonamides is 1. The second-order valence-electron chi connectivity index (χ2n) is 4.76. The van der Waals surface area contributed by atoms with Crippen molar-refractivity contribution in [2.45, 2.75) is 36.6 Å². The second-order valence-corrected chi connectivity index (χ2v) is 6.41. The molecule has 19 heavy (non-hydrogen) atoms. The molecule has 0 aromatic heterocycles. The Morgan fingerprint density at radius 2 is 2.05 bits per heavy atom.